The van der Waals surface area contributed by atoms with E-state index in [1.807, 2.05) is 30.8 Å². The molecular formula is C14H18FN3O. The van der Waals surface area contributed by atoms with Crippen molar-refractivity contribution < 1.29 is 9.13 Å². The molecule has 1 unspecified atom stereocenters. The molecule has 0 amide bonds. The van der Waals surface area contributed by atoms with Crippen molar-refractivity contribution in [2.45, 2.75) is 19.5 Å². The topological polar surface area (TPSA) is 39.1 Å². The number of benzene rings is 1. The number of aryl methyl sites for hydroxylation is 1. The Bertz CT molecular complexity index is 553. The van der Waals surface area contributed by atoms with Gasteiger partial charge in [0.05, 0.1) is 19.1 Å². The molecule has 1 heterocycles. The van der Waals surface area contributed by atoms with E-state index in [1.165, 1.54) is 13.2 Å². The standard InChI is InChI=1S/C14H18FN3O/c1-10(17-8-12-7-16-9-18(12)2)11-4-5-14(19-3)13(15)6-11/h4-7,9-10,17H,8H2,1-3H3. The number of aromatic nitrogens is 2. The summed E-state index contributed by atoms with van der Waals surface area (Å²) in [6.07, 6.45) is 3.57. The van der Waals surface area contributed by atoms with E-state index >= 15 is 0 Å². The van der Waals surface area contributed by atoms with Gasteiger partial charge >= 0.3 is 0 Å². The second kappa shape index (κ2) is 5.84. The molecule has 102 valence electrons. The molecule has 5 heteroatoms. The van der Waals surface area contributed by atoms with Crippen LogP contribution in [-0.2, 0) is 13.6 Å². The van der Waals surface area contributed by atoms with Gasteiger partial charge in [-0.15, -0.1) is 0 Å². The van der Waals surface area contributed by atoms with Crippen molar-refractivity contribution in [1.29, 1.82) is 0 Å². The minimum absolute atomic E-state index is 0.0512. The highest BCUT2D eigenvalue weighted by molar-refractivity contribution is 5.30. The summed E-state index contributed by atoms with van der Waals surface area (Å²) in [5.41, 5.74) is 1.97. The summed E-state index contributed by atoms with van der Waals surface area (Å²) < 4.78 is 20.5. The smallest absolute Gasteiger partial charge is 0.165 e. The van der Waals surface area contributed by atoms with Crippen molar-refractivity contribution in [1.82, 2.24) is 14.9 Å². The molecule has 0 bridgehead atoms. The van der Waals surface area contributed by atoms with Crippen LogP contribution in [0.15, 0.2) is 30.7 Å². The van der Waals surface area contributed by atoms with Gasteiger partial charge in [0.1, 0.15) is 0 Å². The molecule has 0 aliphatic carbocycles. The lowest BCUT2D eigenvalue weighted by Crippen LogP contribution is -2.19. The SMILES string of the molecule is COc1ccc(C(C)NCc2cncn2C)cc1F. The molecule has 0 aliphatic rings. The van der Waals surface area contributed by atoms with Gasteiger partial charge < -0.3 is 14.6 Å². The summed E-state index contributed by atoms with van der Waals surface area (Å²) in [5.74, 6) is -0.0724. The fourth-order valence-electron chi connectivity index (χ4n) is 1.88. The number of nitrogens with one attached hydrogen (secondary N) is 1. The zero-order valence-corrected chi connectivity index (χ0v) is 11.4. The van der Waals surface area contributed by atoms with Crippen LogP contribution in [0.4, 0.5) is 4.39 Å². The molecular weight excluding hydrogens is 245 g/mol. The Morgan fingerprint density at radius 3 is 2.84 bits per heavy atom. The van der Waals surface area contributed by atoms with Crippen LogP contribution in [0, 0.1) is 5.82 Å². The van der Waals surface area contributed by atoms with Crippen LogP contribution in [0.3, 0.4) is 0 Å². The van der Waals surface area contributed by atoms with Crippen LogP contribution in [0.1, 0.15) is 24.2 Å². The molecule has 0 radical (unpaired) electrons. The largest absolute Gasteiger partial charge is 0.494 e. The number of rotatable bonds is 5. The highest BCUT2D eigenvalue weighted by Gasteiger charge is 2.10. The van der Waals surface area contributed by atoms with Gasteiger partial charge in [-0.1, -0.05) is 6.07 Å². The van der Waals surface area contributed by atoms with Crippen LogP contribution in [0.2, 0.25) is 0 Å². The van der Waals surface area contributed by atoms with Crippen molar-refractivity contribution in [3.05, 3.63) is 47.8 Å². The van der Waals surface area contributed by atoms with E-state index in [0.717, 1.165) is 11.3 Å². The lowest BCUT2D eigenvalue weighted by molar-refractivity contribution is 0.385. The van der Waals surface area contributed by atoms with Gasteiger partial charge in [0, 0.05) is 25.8 Å². The van der Waals surface area contributed by atoms with E-state index < -0.39 is 0 Å². The summed E-state index contributed by atoms with van der Waals surface area (Å²) in [4.78, 5) is 4.06. The summed E-state index contributed by atoms with van der Waals surface area (Å²) in [5, 5.41) is 3.34. The highest BCUT2D eigenvalue weighted by atomic mass is 19.1. The van der Waals surface area contributed by atoms with E-state index in [4.69, 9.17) is 4.74 Å². The number of methoxy groups -OCH3 is 1. The first-order chi connectivity index (χ1) is 9.11. The van der Waals surface area contributed by atoms with Gasteiger partial charge in [-0.3, -0.25) is 0 Å². The molecule has 1 atom stereocenters. The van der Waals surface area contributed by atoms with E-state index in [0.29, 0.717) is 6.54 Å². The second-order valence-electron chi connectivity index (χ2n) is 4.49. The summed E-state index contributed by atoms with van der Waals surface area (Å²) in [6.45, 7) is 2.68. The van der Waals surface area contributed by atoms with Crippen molar-refractivity contribution >= 4 is 0 Å². The number of imidazole rings is 1. The maximum absolute atomic E-state index is 13.6. The van der Waals surface area contributed by atoms with Crippen LogP contribution in [-0.4, -0.2) is 16.7 Å². The minimum atomic E-state index is -0.339. The number of halogens is 1. The monoisotopic (exact) mass is 263 g/mol. The molecule has 0 aliphatic heterocycles. The summed E-state index contributed by atoms with van der Waals surface area (Å²) in [7, 11) is 3.41. The predicted octanol–water partition coefficient (Wildman–Crippen LogP) is 2.42. The Balaban J connectivity index is 2.02. The van der Waals surface area contributed by atoms with Gasteiger partial charge in [0.15, 0.2) is 11.6 Å². The average molecular weight is 263 g/mol. The maximum atomic E-state index is 13.6. The van der Waals surface area contributed by atoms with Crippen LogP contribution in [0.25, 0.3) is 0 Å². The summed E-state index contributed by atoms with van der Waals surface area (Å²) in [6, 6.07) is 5.06. The molecule has 0 fully saturated rings. The highest BCUT2D eigenvalue weighted by Crippen LogP contribution is 2.21. The third-order valence-electron chi connectivity index (χ3n) is 3.18. The molecule has 0 saturated heterocycles. The minimum Gasteiger partial charge on any atom is -0.494 e. The number of hydrogen-bond acceptors (Lipinski definition) is 3. The number of hydrogen-bond donors (Lipinski definition) is 1. The zero-order valence-electron chi connectivity index (χ0n) is 11.4. The third kappa shape index (κ3) is 3.12. The van der Waals surface area contributed by atoms with E-state index in [-0.39, 0.29) is 17.6 Å². The van der Waals surface area contributed by atoms with E-state index in [2.05, 4.69) is 10.3 Å². The summed E-state index contributed by atoms with van der Waals surface area (Å²) >= 11 is 0. The Hall–Kier alpha value is -1.88. The molecule has 1 N–H and O–H groups in total. The van der Waals surface area contributed by atoms with Gasteiger partial charge in [0.25, 0.3) is 0 Å². The predicted molar refractivity (Wildman–Crippen MR) is 71.4 cm³/mol. The van der Waals surface area contributed by atoms with Gasteiger partial charge in [-0.2, -0.15) is 0 Å². The molecule has 2 aromatic rings. The van der Waals surface area contributed by atoms with Crippen LogP contribution >= 0.6 is 0 Å². The Morgan fingerprint density at radius 1 is 1.47 bits per heavy atom. The van der Waals surface area contributed by atoms with Gasteiger partial charge in [0.2, 0.25) is 0 Å². The lowest BCUT2D eigenvalue weighted by atomic mass is 10.1. The lowest BCUT2D eigenvalue weighted by Gasteiger charge is -2.15. The average Bonchev–Trinajstić information content (AvgIpc) is 2.81. The Labute approximate surface area is 112 Å². The van der Waals surface area contributed by atoms with E-state index in [1.54, 1.807) is 12.4 Å². The number of ether oxygens (including phenoxy) is 1. The molecule has 4 nitrogen and oxygen atoms in total. The van der Waals surface area contributed by atoms with Crippen molar-refractivity contribution in [2.75, 3.05) is 7.11 Å². The van der Waals surface area contributed by atoms with Gasteiger partial charge in [-0.25, -0.2) is 9.37 Å². The fraction of sp³-hybridized carbons (Fsp3) is 0.357. The first-order valence-electron chi connectivity index (χ1n) is 6.14. The van der Waals surface area contributed by atoms with Crippen molar-refractivity contribution in [2.24, 2.45) is 7.05 Å². The molecule has 1 aromatic carbocycles. The Morgan fingerprint density at radius 2 is 2.26 bits per heavy atom. The first kappa shape index (κ1) is 13.5. The van der Waals surface area contributed by atoms with Gasteiger partial charge in [-0.05, 0) is 24.6 Å². The third-order valence-corrected chi connectivity index (χ3v) is 3.18. The fourth-order valence-corrected chi connectivity index (χ4v) is 1.88. The molecule has 2 rings (SSSR count). The van der Waals surface area contributed by atoms with Crippen LogP contribution < -0.4 is 10.1 Å². The normalized spacial score (nSPS) is 12.4. The van der Waals surface area contributed by atoms with E-state index in [9.17, 15) is 4.39 Å². The van der Waals surface area contributed by atoms with Crippen LogP contribution in [0.5, 0.6) is 5.75 Å². The zero-order chi connectivity index (χ0) is 13.8. The number of nitrogens with zero attached hydrogens (tertiary/aromatic N) is 2. The molecule has 0 saturated carbocycles. The quantitative estimate of drug-likeness (QED) is 0.900. The second-order valence-corrected chi connectivity index (χ2v) is 4.49. The first-order valence-corrected chi connectivity index (χ1v) is 6.14. The van der Waals surface area contributed by atoms with Crippen molar-refractivity contribution in [3.8, 4) is 5.75 Å². The molecule has 0 spiro atoms. The molecule has 19 heavy (non-hydrogen) atoms. The Kier molecular flexibility index (Phi) is 4.16. The molecule has 1 aromatic heterocycles. The maximum Gasteiger partial charge on any atom is 0.165 e. The van der Waals surface area contributed by atoms with Crippen molar-refractivity contribution in [3.63, 3.8) is 0 Å².